The number of hydrogen-bond acceptors (Lipinski definition) is 4. The van der Waals surface area contributed by atoms with E-state index in [1.807, 2.05) is 0 Å². The van der Waals surface area contributed by atoms with E-state index in [1.54, 1.807) is 30.5 Å². The van der Waals surface area contributed by atoms with Gasteiger partial charge in [-0.05, 0) is 12.1 Å². The van der Waals surface area contributed by atoms with E-state index >= 15 is 0 Å². The van der Waals surface area contributed by atoms with Crippen LogP contribution in [0.4, 0.5) is 5.69 Å². The first-order valence-electron chi connectivity index (χ1n) is 5.41. The molecule has 0 aliphatic rings. The maximum absolute atomic E-state index is 12.1. The summed E-state index contributed by atoms with van der Waals surface area (Å²) in [4.78, 5) is 0.233. The van der Waals surface area contributed by atoms with Gasteiger partial charge in [0.15, 0.2) is 0 Å². The van der Waals surface area contributed by atoms with Gasteiger partial charge in [-0.15, -0.1) is 0 Å². The first kappa shape index (κ1) is 15.1. The molecule has 1 unspecified atom stereocenters. The number of hydrogen-bond donors (Lipinski definition) is 1. The molecular formula is C11H18N2O3S2. The summed E-state index contributed by atoms with van der Waals surface area (Å²) in [6.45, 7) is 0.475. The molecule has 1 rings (SSSR count). The molecule has 0 amide bonds. The van der Waals surface area contributed by atoms with E-state index in [4.69, 9.17) is 0 Å². The van der Waals surface area contributed by atoms with Crippen molar-refractivity contribution in [1.29, 1.82) is 0 Å². The van der Waals surface area contributed by atoms with Gasteiger partial charge >= 0.3 is 0 Å². The predicted octanol–water partition coefficient (Wildman–Crippen LogP) is 0.727. The maximum atomic E-state index is 12.1. The molecule has 0 radical (unpaired) electrons. The van der Waals surface area contributed by atoms with Crippen LogP contribution in [0.3, 0.4) is 0 Å². The van der Waals surface area contributed by atoms with Crippen LogP contribution < -0.4 is 5.32 Å². The normalized spacial score (nSPS) is 13.6. The molecule has 0 heterocycles. The van der Waals surface area contributed by atoms with Crippen molar-refractivity contribution in [3.63, 3.8) is 0 Å². The minimum Gasteiger partial charge on any atom is -0.383 e. The van der Waals surface area contributed by atoms with Crippen LogP contribution >= 0.6 is 0 Å². The third kappa shape index (κ3) is 3.79. The van der Waals surface area contributed by atoms with Gasteiger partial charge in [0.2, 0.25) is 10.0 Å². The van der Waals surface area contributed by atoms with E-state index in [2.05, 4.69) is 5.32 Å². The van der Waals surface area contributed by atoms with Gasteiger partial charge in [-0.3, -0.25) is 4.21 Å². The third-order valence-electron chi connectivity index (χ3n) is 2.35. The summed E-state index contributed by atoms with van der Waals surface area (Å²) in [6.07, 6.45) is 1.62. The van der Waals surface area contributed by atoms with Crippen molar-refractivity contribution in [1.82, 2.24) is 4.31 Å². The summed E-state index contributed by atoms with van der Waals surface area (Å²) in [5.74, 6) is 0.482. The van der Waals surface area contributed by atoms with Crippen LogP contribution in [-0.4, -0.2) is 49.6 Å². The Morgan fingerprint density at radius 2 is 1.89 bits per heavy atom. The zero-order chi connectivity index (χ0) is 13.8. The Morgan fingerprint density at radius 3 is 2.44 bits per heavy atom. The van der Waals surface area contributed by atoms with E-state index in [0.717, 1.165) is 0 Å². The number of nitrogens with one attached hydrogen (secondary N) is 1. The number of sulfonamides is 1. The summed E-state index contributed by atoms with van der Waals surface area (Å²) in [7, 11) is -1.37. The van der Waals surface area contributed by atoms with Crippen LogP contribution in [0.15, 0.2) is 29.2 Å². The van der Waals surface area contributed by atoms with Crippen LogP contribution in [0.2, 0.25) is 0 Å². The molecule has 18 heavy (non-hydrogen) atoms. The number of anilines is 1. The van der Waals surface area contributed by atoms with E-state index in [1.165, 1.54) is 18.4 Å². The van der Waals surface area contributed by atoms with Gasteiger partial charge in [0.25, 0.3) is 0 Å². The number of para-hydroxylation sites is 1. The van der Waals surface area contributed by atoms with Crippen molar-refractivity contribution in [2.45, 2.75) is 4.90 Å². The van der Waals surface area contributed by atoms with Gasteiger partial charge in [0.1, 0.15) is 4.90 Å². The van der Waals surface area contributed by atoms with Crippen molar-refractivity contribution in [3.8, 4) is 0 Å². The Labute approximate surface area is 111 Å². The Bertz CT molecular complexity index is 527. The average Bonchev–Trinajstić information content (AvgIpc) is 2.28. The summed E-state index contributed by atoms with van der Waals surface area (Å²) in [5, 5.41) is 3.01. The lowest BCUT2D eigenvalue weighted by Crippen LogP contribution is -2.23. The van der Waals surface area contributed by atoms with E-state index in [9.17, 15) is 12.6 Å². The van der Waals surface area contributed by atoms with Gasteiger partial charge in [-0.1, -0.05) is 12.1 Å². The Hall–Kier alpha value is -0.920. The highest BCUT2D eigenvalue weighted by molar-refractivity contribution is 7.89. The molecular weight excluding hydrogens is 272 g/mol. The molecule has 1 aromatic carbocycles. The number of benzene rings is 1. The quantitative estimate of drug-likeness (QED) is 0.838. The molecule has 1 atom stereocenters. The van der Waals surface area contributed by atoms with Crippen LogP contribution in [0, 0.1) is 0 Å². The second-order valence-electron chi connectivity index (χ2n) is 3.99. The molecule has 5 nitrogen and oxygen atoms in total. The smallest absolute Gasteiger partial charge is 0.244 e. The first-order chi connectivity index (χ1) is 8.35. The molecule has 0 bridgehead atoms. The lowest BCUT2D eigenvalue weighted by atomic mass is 10.3. The minimum absolute atomic E-state index is 0.233. The minimum atomic E-state index is -3.46. The lowest BCUT2D eigenvalue weighted by molar-refractivity contribution is 0.521. The number of nitrogens with zero attached hydrogens (tertiary/aromatic N) is 1. The van der Waals surface area contributed by atoms with E-state index in [-0.39, 0.29) is 4.90 Å². The zero-order valence-electron chi connectivity index (χ0n) is 10.7. The molecule has 0 spiro atoms. The fourth-order valence-electron chi connectivity index (χ4n) is 1.36. The molecule has 0 fully saturated rings. The second kappa shape index (κ2) is 6.31. The largest absolute Gasteiger partial charge is 0.383 e. The molecule has 102 valence electrons. The highest BCUT2D eigenvalue weighted by Crippen LogP contribution is 2.22. The van der Waals surface area contributed by atoms with Crippen molar-refractivity contribution in [2.24, 2.45) is 0 Å². The second-order valence-corrected chi connectivity index (χ2v) is 7.66. The summed E-state index contributed by atoms with van der Waals surface area (Å²) in [5.41, 5.74) is 0.539. The fourth-order valence-corrected chi connectivity index (χ4v) is 2.82. The SMILES string of the molecule is CN(C)S(=O)(=O)c1ccccc1NCCS(C)=O. The Morgan fingerprint density at radius 1 is 1.28 bits per heavy atom. The van der Waals surface area contributed by atoms with Gasteiger partial charge in [0.05, 0.1) is 5.69 Å². The highest BCUT2D eigenvalue weighted by atomic mass is 32.2. The van der Waals surface area contributed by atoms with Crippen molar-refractivity contribution >= 4 is 26.5 Å². The molecule has 0 aliphatic heterocycles. The number of rotatable bonds is 6. The topological polar surface area (TPSA) is 66.5 Å². The average molecular weight is 290 g/mol. The van der Waals surface area contributed by atoms with Crippen LogP contribution in [0.1, 0.15) is 0 Å². The fraction of sp³-hybridized carbons (Fsp3) is 0.455. The Balaban J connectivity index is 2.97. The summed E-state index contributed by atoms with van der Waals surface area (Å²) in [6, 6.07) is 6.70. The molecule has 7 heteroatoms. The van der Waals surface area contributed by atoms with Gasteiger partial charge in [-0.25, -0.2) is 12.7 Å². The standard InChI is InChI=1S/C11H18N2O3S2/c1-13(2)18(15,16)11-7-5-4-6-10(11)12-8-9-17(3)14/h4-7,12H,8-9H2,1-3H3. The molecule has 0 saturated carbocycles. The van der Waals surface area contributed by atoms with Crippen LogP contribution in [0.25, 0.3) is 0 Å². The third-order valence-corrected chi connectivity index (χ3v) is 5.00. The van der Waals surface area contributed by atoms with Crippen molar-refractivity contribution < 1.29 is 12.6 Å². The first-order valence-corrected chi connectivity index (χ1v) is 8.58. The molecule has 0 aromatic heterocycles. The predicted molar refractivity (Wildman–Crippen MR) is 74.7 cm³/mol. The molecule has 1 N–H and O–H groups in total. The van der Waals surface area contributed by atoms with Gasteiger partial charge < -0.3 is 5.32 Å². The molecule has 0 saturated heterocycles. The summed E-state index contributed by atoms with van der Waals surface area (Å²) >= 11 is 0. The molecule has 1 aromatic rings. The Kier molecular flexibility index (Phi) is 5.30. The van der Waals surface area contributed by atoms with Crippen LogP contribution in [-0.2, 0) is 20.8 Å². The van der Waals surface area contributed by atoms with Gasteiger partial charge in [-0.2, -0.15) is 0 Å². The van der Waals surface area contributed by atoms with Crippen molar-refractivity contribution in [2.75, 3.05) is 38.0 Å². The lowest BCUT2D eigenvalue weighted by Gasteiger charge is -2.15. The van der Waals surface area contributed by atoms with Crippen LogP contribution in [0.5, 0.6) is 0 Å². The molecule has 0 aliphatic carbocycles. The van der Waals surface area contributed by atoms with Gasteiger partial charge in [0, 0.05) is 43.4 Å². The monoisotopic (exact) mass is 290 g/mol. The summed E-state index contributed by atoms with van der Waals surface area (Å²) < 4.78 is 36.3. The highest BCUT2D eigenvalue weighted by Gasteiger charge is 2.20. The maximum Gasteiger partial charge on any atom is 0.244 e. The zero-order valence-corrected chi connectivity index (χ0v) is 12.3. The van der Waals surface area contributed by atoms with Crippen molar-refractivity contribution in [3.05, 3.63) is 24.3 Å². The van der Waals surface area contributed by atoms with E-state index < -0.39 is 20.8 Å². The van der Waals surface area contributed by atoms with E-state index in [0.29, 0.717) is 18.0 Å².